The van der Waals surface area contributed by atoms with E-state index in [0.29, 0.717) is 12.5 Å². The van der Waals surface area contributed by atoms with Crippen LogP contribution in [0.1, 0.15) is 182 Å². The lowest BCUT2D eigenvalue weighted by atomic mass is 9.94. The van der Waals surface area contributed by atoms with Crippen molar-refractivity contribution in [2.24, 2.45) is 11.8 Å². The van der Waals surface area contributed by atoms with Gasteiger partial charge in [-0.2, -0.15) is 0 Å². The molecule has 0 saturated carbocycles. The molecule has 2 nitrogen and oxygen atoms in total. The van der Waals surface area contributed by atoms with E-state index in [1.807, 2.05) is 0 Å². The molecule has 0 aliphatic rings. The molecule has 0 heterocycles. The number of rotatable bonds is 27. The summed E-state index contributed by atoms with van der Waals surface area (Å²) in [4.78, 5) is 12.6. The third-order valence-corrected chi connectivity index (χ3v) is 7.54. The minimum atomic E-state index is 0.0508. The monoisotopic (exact) mass is 480 g/mol. The van der Waals surface area contributed by atoms with Crippen molar-refractivity contribution >= 4 is 5.97 Å². The molecule has 2 atom stereocenters. The smallest absolute Gasteiger partial charge is 0.308 e. The van der Waals surface area contributed by atoms with Crippen molar-refractivity contribution in [3.8, 4) is 0 Å². The largest absolute Gasteiger partial charge is 0.465 e. The van der Waals surface area contributed by atoms with Gasteiger partial charge < -0.3 is 4.74 Å². The molecule has 2 heteroatoms. The van der Waals surface area contributed by atoms with Gasteiger partial charge in [0.2, 0.25) is 0 Å². The Hall–Kier alpha value is -0.530. The first-order valence-electron chi connectivity index (χ1n) is 15.8. The topological polar surface area (TPSA) is 26.3 Å². The first-order chi connectivity index (χ1) is 16.7. The standard InChI is InChI=1S/C32H64O2/c1-5-8-11-14-16-17-18-19-21-23-26-30(4)32(33)34-29-31(27-24-20-13-10-7-3)28-25-22-15-12-9-6-2/h30-31H,5-29H2,1-4H3. The molecule has 0 spiro atoms. The molecule has 0 amide bonds. The normalized spacial score (nSPS) is 13.2. The van der Waals surface area contributed by atoms with Crippen LogP contribution in [0.5, 0.6) is 0 Å². The summed E-state index contributed by atoms with van der Waals surface area (Å²) >= 11 is 0. The van der Waals surface area contributed by atoms with Gasteiger partial charge in [0, 0.05) is 0 Å². The van der Waals surface area contributed by atoms with Crippen LogP contribution >= 0.6 is 0 Å². The van der Waals surface area contributed by atoms with Crippen molar-refractivity contribution in [1.82, 2.24) is 0 Å². The van der Waals surface area contributed by atoms with E-state index in [1.165, 1.54) is 148 Å². The van der Waals surface area contributed by atoms with Gasteiger partial charge in [-0.25, -0.2) is 0 Å². The van der Waals surface area contributed by atoms with E-state index < -0.39 is 0 Å². The Morgan fingerprint density at radius 1 is 0.500 bits per heavy atom. The lowest BCUT2D eigenvalue weighted by Crippen LogP contribution is -2.20. The van der Waals surface area contributed by atoms with Crippen LogP contribution in [-0.4, -0.2) is 12.6 Å². The summed E-state index contributed by atoms with van der Waals surface area (Å²) in [6, 6.07) is 0. The van der Waals surface area contributed by atoms with Gasteiger partial charge in [-0.1, -0.05) is 163 Å². The van der Waals surface area contributed by atoms with E-state index in [4.69, 9.17) is 4.74 Å². The number of unbranched alkanes of at least 4 members (excludes halogenated alkanes) is 18. The van der Waals surface area contributed by atoms with Crippen molar-refractivity contribution in [2.75, 3.05) is 6.61 Å². The highest BCUT2D eigenvalue weighted by Crippen LogP contribution is 2.21. The third-order valence-electron chi connectivity index (χ3n) is 7.54. The summed E-state index contributed by atoms with van der Waals surface area (Å²) in [7, 11) is 0. The summed E-state index contributed by atoms with van der Waals surface area (Å²) in [5, 5.41) is 0. The average molecular weight is 481 g/mol. The predicted octanol–water partition coefficient (Wildman–Crippen LogP) is 11.2. The fraction of sp³-hybridized carbons (Fsp3) is 0.969. The van der Waals surface area contributed by atoms with E-state index in [-0.39, 0.29) is 11.9 Å². The highest BCUT2D eigenvalue weighted by molar-refractivity contribution is 5.71. The van der Waals surface area contributed by atoms with E-state index in [0.717, 1.165) is 6.42 Å². The molecule has 0 aromatic rings. The zero-order valence-electron chi connectivity index (χ0n) is 24.1. The molecule has 0 aromatic carbocycles. The van der Waals surface area contributed by atoms with E-state index in [2.05, 4.69) is 27.7 Å². The molecule has 0 radical (unpaired) electrons. The van der Waals surface area contributed by atoms with Gasteiger partial charge in [0.25, 0.3) is 0 Å². The molecule has 0 N–H and O–H groups in total. The highest BCUT2D eigenvalue weighted by atomic mass is 16.5. The van der Waals surface area contributed by atoms with E-state index in [1.54, 1.807) is 0 Å². The van der Waals surface area contributed by atoms with E-state index >= 15 is 0 Å². The number of esters is 1. The second kappa shape index (κ2) is 27.1. The molecule has 0 fully saturated rings. The van der Waals surface area contributed by atoms with Gasteiger partial charge in [-0.3, -0.25) is 4.79 Å². The van der Waals surface area contributed by atoms with Gasteiger partial charge in [0.1, 0.15) is 0 Å². The Kier molecular flexibility index (Phi) is 26.6. The quantitative estimate of drug-likeness (QED) is 0.0862. The van der Waals surface area contributed by atoms with Crippen molar-refractivity contribution in [3.05, 3.63) is 0 Å². The molecule has 34 heavy (non-hydrogen) atoms. The number of ether oxygens (including phenoxy) is 1. The van der Waals surface area contributed by atoms with Crippen LogP contribution in [0.3, 0.4) is 0 Å². The lowest BCUT2D eigenvalue weighted by Gasteiger charge is -2.19. The Balaban J connectivity index is 3.99. The molecule has 0 saturated heterocycles. The van der Waals surface area contributed by atoms with Crippen molar-refractivity contribution in [3.63, 3.8) is 0 Å². The molecule has 0 aromatic heterocycles. The van der Waals surface area contributed by atoms with Gasteiger partial charge in [0.15, 0.2) is 0 Å². The van der Waals surface area contributed by atoms with Crippen LogP contribution in [0.15, 0.2) is 0 Å². The zero-order valence-corrected chi connectivity index (χ0v) is 24.1. The third kappa shape index (κ3) is 23.2. The maximum atomic E-state index is 12.6. The molecule has 0 rings (SSSR count). The Morgan fingerprint density at radius 2 is 0.824 bits per heavy atom. The Labute approximate surface area is 215 Å². The van der Waals surface area contributed by atoms with Crippen molar-refractivity contribution in [2.45, 2.75) is 182 Å². The van der Waals surface area contributed by atoms with Crippen LogP contribution in [-0.2, 0) is 9.53 Å². The summed E-state index contributed by atoms with van der Waals surface area (Å²) in [6.07, 6.45) is 31.7. The Bertz CT molecular complexity index is 406. The second-order valence-electron chi connectivity index (χ2n) is 11.1. The van der Waals surface area contributed by atoms with Gasteiger partial charge in [-0.05, 0) is 25.2 Å². The molecule has 2 unspecified atom stereocenters. The highest BCUT2D eigenvalue weighted by Gasteiger charge is 2.17. The molecular formula is C32H64O2. The Morgan fingerprint density at radius 3 is 1.21 bits per heavy atom. The zero-order chi connectivity index (χ0) is 25.1. The van der Waals surface area contributed by atoms with Crippen LogP contribution < -0.4 is 0 Å². The second-order valence-corrected chi connectivity index (χ2v) is 11.1. The van der Waals surface area contributed by atoms with Gasteiger partial charge in [-0.15, -0.1) is 0 Å². The summed E-state index contributed by atoms with van der Waals surface area (Å²) < 4.78 is 5.84. The predicted molar refractivity (Wildman–Crippen MR) is 151 cm³/mol. The summed E-state index contributed by atoms with van der Waals surface area (Å²) in [5.74, 6) is 0.685. The van der Waals surface area contributed by atoms with Crippen LogP contribution in [0.2, 0.25) is 0 Å². The van der Waals surface area contributed by atoms with Crippen LogP contribution in [0.25, 0.3) is 0 Å². The maximum Gasteiger partial charge on any atom is 0.308 e. The van der Waals surface area contributed by atoms with Crippen LogP contribution in [0.4, 0.5) is 0 Å². The molecular weight excluding hydrogens is 416 g/mol. The average Bonchev–Trinajstić information content (AvgIpc) is 2.84. The number of carbonyl (C=O) groups is 1. The summed E-state index contributed by atoms with van der Waals surface area (Å²) in [6.45, 7) is 9.56. The fourth-order valence-corrected chi connectivity index (χ4v) is 4.96. The molecule has 0 aliphatic carbocycles. The molecule has 0 aliphatic heterocycles. The van der Waals surface area contributed by atoms with Gasteiger partial charge in [0.05, 0.1) is 12.5 Å². The van der Waals surface area contributed by atoms with Gasteiger partial charge >= 0.3 is 5.97 Å². The van der Waals surface area contributed by atoms with Crippen LogP contribution in [0, 0.1) is 11.8 Å². The first kappa shape index (κ1) is 33.5. The number of hydrogen-bond donors (Lipinski definition) is 0. The first-order valence-corrected chi connectivity index (χ1v) is 15.8. The lowest BCUT2D eigenvalue weighted by molar-refractivity contribution is -0.149. The van der Waals surface area contributed by atoms with E-state index in [9.17, 15) is 4.79 Å². The minimum absolute atomic E-state index is 0.0508. The SMILES string of the molecule is CCCCCCCCCCCCC(C)C(=O)OCC(CCCCCCC)CCCCCCCC. The molecule has 204 valence electrons. The minimum Gasteiger partial charge on any atom is -0.465 e. The fourth-order valence-electron chi connectivity index (χ4n) is 4.96. The number of carbonyl (C=O) groups excluding carboxylic acids is 1. The van der Waals surface area contributed by atoms with Crippen molar-refractivity contribution in [1.29, 1.82) is 0 Å². The maximum absolute atomic E-state index is 12.6. The van der Waals surface area contributed by atoms with Crippen molar-refractivity contribution < 1.29 is 9.53 Å². The summed E-state index contributed by atoms with van der Waals surface area (Å²) in [5.41, 5.74) is 0. The molecule has 0 bridgehead atoms. The number of hydrogen-bond acceptors (Lipinski definition) is 2.